The van der Waals surface area contributed by atoms with Gasteiger partial charge in [-0.1, -0.05) is 44.2 Å². The van der Waals surface area contributed by atoms with Gasteiger partial charge in [-0.15, -0.1) is 0 Å². The molecule has 0 aromatic heterocycles. The van der Waals surface area contributed by atoms with Gasteiger partial charge in [0.05, 0.1) is 19.3 Å². The van der Waals surface area contributed by atoms with Crippen LogP contribution in [0.1, 0.15) is 19.4 Å². The number of aliphatic hydroxyl groups excluding tert-OH is 1. The van der Waals surface area contributed by atoms with Crippen molar-refractivity contribution in [2.24, 2.45) is 11.7 Å². The summed E-state index contributed by atoms with van der Waals surface area (Å²) >= 11 is 0. The van der Waals surface area contributed by atoms with E-state index in [4.69, 9.17) is 10.5 Å². The molecule has 0 aliphatic carbocycles. The molecule has 0 amide bonds. The molecule has 0 spiro atoms. The molecule has 4 heteroatoms. The van der Waals surface area contributed by atoms with Gasteiger partial charge in [0.1, 0.15) is 6.23 Å². The number of aliphatic hydroxyl groups is 1. The van der Waals surface area contributed by atoms with Gasteiger partial charge in [-0.2, -0.15) is 0 Å². The molecule has 0 unspecified atom stereocenters. The number of rotatable bonds is 8. The zero-order valence-electron chi connectivity index (χ0n) is 11.2. The van der Waals surface area contributed by atoms with Gasteiger partial charge < -0.3 is 15.6 Å². The summed E-state index contributed by atoms with van der Waals surface area (Å²) in [6, 6.07) is 9.50. The molecule has 1 rings (SSSR count). The van der Waals surface area contributed by atoms with Crippen LogP contribution in [-0.2, 0) is 11.3 Å². The topological polar surface area (TPSA) is 67.5 Å². The highest BCUT2D eigenvalue weighted by Gasteiger charge is 2.14. The van der Waals surface area contributed by atoms with Crippen molar-refractivity contribution in [3.63, 3.8) is 0 Å². The van der Waals surface area contributed by atoms with Crippen LogP contribution in [0.25, 0.3) is 0 Å². The van der Waals surface area contributed by atoms with Crippen molar-refractivity contribution < 1.29 is 9.84 Å². The van der Waals surface area contributed by atoms with Crippen molar-refractivity contribution >= 4 is 0 Å². The first-order valence-corrected chi connectivity index (χ1v) is 6.38. The molecule has 4 N–H and O–H groups in total. The third-order valence-corrected chi connectivity index (χ3v) is 2.56. The maximum atomic E-state index is 9.75. The van der Waals surface area contributed by atoms with E-state index >= 15 is 0 Å². The fraction of sp³-hybridized carbons (Fsp3) is 0.571. The van der Waals surface area contributed by atoms with Crippen molar-refractivity contribution in [1.29, 1.82) is 0 Å². The Labute approximate surface area is 109 Å². The van der Waals surface area contributed by atoms with Gasteiger partial charge >= 0.3 is 0 Å². The second kappa shape index (κ2) is 8.21. The average Bonchev–Trinajstić information content (AvgIpc) is 2.37. The Morgan fingerprint density at radius 1 is 1.28 bits per heavy atom. The fourth-order valence-corrected chi connectivity index (χ4v) is 1.49. The van der Waals surface area contributed by atoms with Crippen LogP contribution in [0.2, 0.25) is 0 Å². The molecule has 0 aliphatic rings. The third-order valence-electron chi connectivity index (χ3n) is 2.56. The fourth-order valence-electron chi connectivity index (χ4n) is 1.49. The van der Waals surface area contributed by atoms with Crippen molar-refractivity contribution in [2.75, 3.05) is 13.2 Å². The van der Waals surface area contributed by atoms with E-state index in [0.29, 0.717) is 19.1 Å². The van der Waals surface area contributed by atoms with Gasteiger partial charge in [0.2, 0.25) is 0 Å². The van der Waals surface area contributed by atoms with E-state index in [-0.39, 0.29) is 0 Å². The maximum absolute atomic E-state index is 9.75. The summed E-state index contributed by atoms with van der Waals surface area (Å²) in [6.45, 7) is 5.76. The average molecular weight is 252 g/mol. The normalized spacial score (nSPS) is 14.7. The molecule has 102 valence electrons. The van der Waals surface area contributed by atoms with E-state index < -0.39 is 12.3 Å². The largest absolute Gasteiger partial charge is 0.377 e. The zero-order valence-corrected chi connectivity index (χ0v) is 11.2. The SMILES string of the molecule is CC(C)CN[C@H](O)[C@H](N)COCc1ccccc1. The molecule has 4 nitrogen and oxygen atoms in total. The molecule has 0 saturated heterocycles. The molecule has 1 aromatic rings. The summed E-state index contributed by atoms with van der Waals surface area (Å²) in [5.74, 6) is 0.483. The van der Waals surface area contributed by atoms with Crippen LogP contribution < -0.4 is 11.1 Å². The number of ether oxygens (including phenoxy) is 1. The lowest BCUT2D eigenvalue weighted by molar-refractivity contribution is 0.0385. The quantitative estimate of drug-likeness (QED) is 0.606. The Kier molecular flexibility index (Phi) is 6.90. The second-order valence-corrected chi connectivity index (χ2v) is 4.91. The smallest absolute Gasteiger partial charge is 0.122 e. The summed E-state index contributed by atoms with van der Waals surface area (Å²) in [5.41, 5.74) is 6.94. The highest BCUT2D eigenvalue weighted by Crippen LogP contribution is 2.01. The minimum Gasteiger partial charge on any atom is -0.377 e. The molecule has 0 saturated carbocycles. The molecule has 1 aromatic carbocycles. The van der Waals surface area contributed by atoms with Crippen LogP contribution in [0, 0.1) is 5.92 Å². The lowest BCUT2D eigenvalue weighted by Gasteiger charge is -2.21. The Morgan fingerprint density at radius 2 is 1.94 bits per heavy atom. The molecular weight excluding hydrogens is 228 g/mol. The van der Waals surface area contributed by atoms with Crippen LogP contribution in [-0.4, -0.2) is 30.5 Å². The molecular formula is C14H24N2O2. The number of hydrogen-bond donors (Lipinski definition) is 3. The van der Waals surface area contributed by atoms with Gasteiger partial charge in [-0.3, -0.25) is 5.32 Å². The highest BCUT2D eigenvalue weighted by atomic mass is 16.5. The standard InChI is InChI=1S/C14H24N2O2/c1-11(2)8-16-14(17)13(15)10-18-9-12-6-4-3-5-7-12/h3-7,11,13-14,16-17H,8-10,15H2,1-2H3/t13-,14-/m1/s1. The summed E-state index contributed by atoms with van der Waals surface area (Å²) in [7, 11) is 0. The van der Waals surface area contributed by atoms with Crippen LogP contribution in [0.5, 0.6) is 0 Å². The van der Waals surface area contributed by atoms with Gasteiger partial charge in [0, 0.05) is 0 Å². The van der Waals surface area contributed by atoms with Gasteiger partial charge in [-0.05, 0) is 18.0 Å². The van der Waals surface area contributed by atoms with Gasteiger partial charge in [0.15, 0.2) is 0 Å². The molecule has 18 heavy (non-hydrogen) atoms. The van der Waals surface area contributed by atoms with Crippen molar-refractivity contribution in [2.45, 2.75) is 32.7 Å². The number of nitrogens with two attached hydrogens (primary N) is 1. The first-order chi connectivity index (χ1) is 8.59. The summed E-state index contributed by atoms with van der Waals surface area (Å²) in [6.07, 6.45) is -0.719. The zero-order chi connectivity index (χ0) is 13.4. The Hall–Kier alpha value is -0.940. The summed E-state index contributed by atoms with van der Waals surface area (Å²) < 4.78 is 5.48. The molecule has 2 atom stereocenters. The van der Waals surface area contributed by atoms with E-state index in [1.54, 1.807) is 0 Å². The first-order valence-electron chi connectivity index (χ1n) is 6.38. The number of benzene rings is 1. The van der Waals surface area contributed by atoms with Crippen molar-refractivity contribution in [3.05, 3.63) is 35.9 Å². The minimum absolute atomic E-state index is 0.334. The number of nitrogens with one attached hydrogen (secondary N) is 1. The van der Waals surface area contributed by atoms with E-state index in [0.717, 1.165) is 12.1 Å². The summed E-state index contributed by atoms with van der Waals surface area (Å²) in [5, 5.41) is 12.7. The van der Waals surface area contributed by atoms with Gasteiger partial charge in [0.25, 0.3) is 0 Å². The highest BCUT2D eigenvalue weighted by molar-refractivity contribution is 5.13. The maximum Gasteiger partial charge on any atom is 0.122 e. The number of hydrogen-bond acceptors (Lipinski definition) is 4. The second-order valence-electron chi connectivity index (χ2n) is 4.91. The van der Waals surface area contributed by atoms with Crippen LogP contribution >= 0.6 is 0 Å². The van der Waals surface area contributed by atoms with E-state index in [1.807, 2.05) is 30.3 Å². The third kappa shape index (κ3) is 6.12. The predicted octanol–water partition coefficient (Wildman–Crippen LogP) is 1.09. The van der Waals surface area contributed by atoms with Crippen LogP contribution in [0.4, 0.5) is 0 Å². The monoisotopic (exact) mass is 252 g/mol. The molecule has 0 aliphatic heterocycles. The van der Waals surface area contributed by atoms with Crippen molar-refractivity contribution in [1.82, 2.24) is 5.32 Å². The van der Waals surface area contributed by atoms with Crippen molar-refractivity contribution in [3.8, 4) is 0 Å². The lowest BCUT2D eigenvalue weighted by Crippen LogP contribution is -2.48. The minimum atomic E-state index is -0.719. The van der Waals surface area contributed by atoms with Crippen LogP contribution in [0.15, 0.2) is 30.3 Å². The van der Waals surface area contributed by atoms with E-state index in [9.17, 15) is 5.11 Å². The first kappa shape index (κ1) is 15.1. The molecule has 0 heterocycles. The molecule has 0 radical (unpaired) electrons. The molecule has 0 bridgehead atoms. The Balaban J connectivity index is 2.18. The van der Waals surface area contributed by atoms with E-state index in [2.05, 4.69) is 19.2 Å². The predicted molar refractivity (Wildman–Crippen MR) is 72.9 cm³/mol. The van der Waals surface area contributed by atoms with Gasteiger partial charge in [-0.25, -0.2) is 0 Å². The Bertz CT molecular complexity index is 317. The van der Waals surface area contributed by atoms with Crippen LogP contribution in [0.3, 0.4) is 0 Å². The lowest BCUT2D eigenvalue weighted by atomic mass is 10.2. The van der Waals surface area contributed by atoms with E-state index in [1.165, 1.54) is 0 Å². The summed E-state index contributed by atoms with van der Waals surface area (Å²) in [4.78, 5) is 0. The molecule has 0 fully saturated rings. The Morgan fingerprint density at radius 3 is 2.56 bits per heavy atom.